The van der Waals surface area contributed by atoms with E-state index < -0.39 is 0 Å². The van der Waals surface area contributed by atoms with Crippen molar-refractivity contribution >= 4 is 0 Å². The van der Waals surface area contributed by atoms with Gasteiger partial charge < -0.3 is 14.2 Å². The molecule has 3 heterocycles. The normalized spacial score (nSPS) is 17.1. The van der Waals surface area contributed by atoms with Crippen LogP contribution in [0.25, 0.3) is 11.3 Å². The van der Waals surface area contributed by atoms with Gasteiger partial charge in [-0.2, -0.15) is 5.10 Å². The van der Waals surface area contributed by atoms with Gasteiger partial charge in [0.05, 0.1) is 36.9 Å². The maximum atomic E-state index is 6.09. The fraction of sp³-hybridized carbons (Fsp3) is 0.440. The highest BCUT2D eigenvalue weighted by Crippen LogP contribution is 2.27. The summed E-state index contributed by atoms with van der Waals surface area (Å²) in [5.74, 6) is 0.891. The number of morpholine rings is 1. The summed E-state index contributed by atoms with van der Waals surface area (Å²) >= 11 is 0. The van der Waals surface area contributed by atoms with Gasteiger partial charge >= 0.3 is 0 Å². The smallest absolute Gasteiger partial charge is 0.125 e. The van der Waals surface area contributed by atoms with E-state index in [1.54, 1.807) is 11.8 Å². The zero-order valence-electron chi connectivity index (χ0n) is 19.3. The van der Waals surface area contributed by atoms with E-state index in [1.165, 1.54) is 5.56 Å². The highest BCUT2D eigenvalue weighted by atomic mass is 16.5. The standard InChI is InChI=1S/C25H32N4O3/c1-18(2)32-24-9-8-19(12-20(24)17-30-4)14-29-10-11-31-25(16-29)23-7-5-6-22(27-23)21-13-26-28(3)15-21/h5-9,12-13,15,18,25H,10-11,14,16-17H2,1-4H3. The second-order valence-electron chi connectivity index (χ2n) is 8.49. The number of aromatic nitrogens is 3. The van der Waals surface area contributed by atoms with Crippen LogP contribution in [0.5, 0.6) is 5.75 Å². The Labute approximate surface area is 189 Å². The maximum Gasteiger partial charge on any atom is 0.125 e. The third kappa shape index (κ3) is 5.54. The van der Waals surface area contributed by atoms with Crippen LogP contribution in [0.1, 0.15) is 36.8 Å². The van der Waals surface area contributed by atoms with E-state index in [4.69, 9.17) is 19.2 Å². The molecule has 0 saturated carbocycles. The lowest BCUT2D eigenvalue weighted by Gasteiger charge is -2.33. The SMILES string of the molecule is COCc1cc(CN2CCOC(c3cccc(-c4cnn(C)c4)n3)C2)ccc1OC(C)C. The summed E-state index contributed by atoms with van der Waals surface area (Å²) < 4.78 is 19.2. The van der Waals surface area contributed by atoms with E-state index >= 15 is 0 Å². The third-order valence-corrected chi connectivity index (χ3v) is 5.45. The molecule has 3 aromatic rings. The second-order valence-corrected chi connectivity index (χ2v) is 8.49. The van der Waals surface area contributed by atoms with E-state index in [-0.39, 0.29) is 12.2 Å². The van der Waals surface area contributed by atoms with Crippen molar-refractivity contribution in [2.45, 2.75) is 39.2 Å². The van der Waals surface area contributed by atoms with Crippen LogP contribution in [0.15, 0.2) is 48.8 Å². The molecule has 0 aliphatic carbocycles. The van der Waals surface area contributed by atoms with E-state index in [2.05, 4.69) is 28.2 Å². The third-order valence-electron chi connectivity index (χ3n) is 5.45. The minimum atomic E-state index is -0.0534. The highest BCUT2D eigenvalue weighted by molar-refractivity contribution is 5.57. The van der Waals surface area contributed by atoms with Crippen LogP contribution < -0.4 is 4.74 Å². The van der Waals surface area contributed by atoms with Crippen LogP contribution in [0.3, 0.4) is 0 Å². The minimum absolute atomic E-state index is 0.0534. The van der Waals surface area contributed by atoms with Gasteiger partial charge in [0.1, 0.15) is 11.9 Å². The summed E-state index contributed by atoms with van der Waals surface area (Å²) in [5.41, 5.74) is 5.20. The van der Waals surface area contributed by atoms with Gasteiger partial charge in [0.25, 0.3) is 0 Å². The van der Waals surface area contributed by atoms with Gasteiger partial charge in [-0.3, -0.25) is 9.58 Å². The molecule has 1 unspecified atom stereocenters. The fourth-order valence-electron chi connectivity index (χ4n) is 4.00. The molecule has 7 heteroatoms. The Kier molecular flexibility index (Phi) is 7.19. The van der Waals surface area contributed by atoms with Crippen molar-refractivity contribution in [3.05, 3.63) is 65.6 Å². The number of pyridine rings is 1. The van der Waals surface area contributed by atoms with Crippen molar-refractivity contribution in [1.82, 2.24) is 19.7 Å². The van der Waals surface area contributed by atoms with Gasteiger partial charge in [0.2, 0.25) is 0 Å². The average molecular weight is 437 g/mol. The van der Waals surface area contributed by atoms with Crippen LogP contribution in [-0.2, 0) is 29.7 Å². The van der Waals surface area contributed by atoms with Crippen LogP contribution >= 0.6 is 0 Å². The lowest BCUT2D eigenvalue weighted by atomic mass is 10.1. The second kappa shape index (κ2) is 10.3. The quantitative estimate of drug-likeness (QED) is 0.532. The number of rotatable bonds is 8. The lowest BCUT2D eigenvalue weighted by Crippen LogP contribution is -2.38. The molecule has 1 atom stereocenters. The Morgan fingerprint density at radius 3 is 2.84 bits per heavy atom. The van der Waals surface area contributed by atoms with Gasteiger partial charge in [0, 0.05) is 51.1 Å². The Morgan fingerprint density at radius 2 is 2.09 bits per heavy atom. The van der Waals surface area contributed by atoms with Gasteiger partial charge in [-0.1, -0.05) is 12.1 Å². The minimum Gasteiger partial charge on any atom is -0.491 e. The topological polar surface area (TPSA) is 61.6 Å². The van der Waals surface area contributed by atoms with Crippen molar-refractivity contribution < 1.29 is 14.2 Å². The lowest BCUT2D eigenvalue weighted by molar-refractivity contribution is -0.0349. The predicted molar refractivity (Wildman–Crippen MR) is 123 cm³/mol. The maximum absolute atomic E-state index is 6.09. The van der Waals surface area contributed by atoms with Crippen LogP contribution in [0.4, 0.5) is 0 Å². The molecule has 1 saturated heterocycles. The molecule has 1 aliphatic rings. The van der Waals surface area contributed by atoms with Crippen molar-refractivity contribution in [2.24, 2.45) is 7.05 Å². The molecular formula is C25H32N4O3. The zero-order chi connectivity index (χ0) is 22.5. The molecule has 0 spiro atoms. The molecule has 7 nitrogen and oxygen atoms in total. The van der Waals surface area contributed by atoms with E-state index in [0.717, 1.165) is 47.9 Å². The van der Waals surface area contributed by atoms with Crippen LogP contribution in [0, 0.1) is 0 Å². The summed E-state index contributed by atoms with van der Waals surface area (Å²) in [5, 5.41) is 4.26. The van der Waals surface area contributed by atoms with Gasteiger partial charge in [-0.05, 0) is 43.7 Å². The first-order valence-corrected chi connectivity index (χ1v) is 11.1. The Hall–Kier alpha value is -2.74. The summed E-state index contributed by atoms with van der Waals surface area (Å²) in [6.45, 7) is 7.83. The predicted octanol–water partition coefficient (Wildman–Crippen LogP) is 3.99. The number of methoxy groups -OCH3 is 1. The monoisotopic (exact) mass is 436 g/mol. The molecule has 4 rings (SSSR count). The van der Waals surface area contributed by atoms with Crippen LogP contribution in [-0.4, -0.2) is 52.6 Å². The first kappa shape index (κ1) is 22.5. The molecule has 170 valence electrons. The molecule has 1 fully saturated rings. The number of hydrogen-bond acceptors (Lipinski definition) is 6. The van der Waals surface area contributed by atoms with Gasteiger partial charge in [0.15, 0.2) is 0 Å². The highest BCUT2D eigenvalue weighted by Gasteiger charge is 2.24. The number of nitrogens with zero attached hydrogens (tertiary/aromatic N) is 4. The number of aryl methyl sites for hydroxylation is 1. The molecule has 1 aromatic carbocycles. The van der Waals surface area contributed by atoms with Gasteiger partial charge in [-0.25, -0.2) is 4.98 Å². The summed E-state index contributed by atoms with van der Waals surface area (Å²) in [6.07, 6.45) is 3.89. The van der Waals surface area contributed by atoms with Gasteiger partial charge in [-0.15, -0.1) is 0 Å². The number of benzene rings is 1. The van der Waals surface area contributed by atoms with Crippen molar-refractivity contribution in [1.29, 1.82) is 0 Å². The van der Waals surface area contributed by atoms with E-state index in [1.807, 2.05) is 51.5 Å². The Morgan fingerprint density at radius 1 is 1.22 bits per heavy atom. The van der Waals surface area contributed by atoms with Crippen molar-refractivity contribution in [2.75, 3.05) is 26.8 Å². The Balaban J connectivity index is 1.46. The van der Waals surface area contributed by atoms with Crippen LogP contribution in [0.2, 0.25) is 0 Å². The first-order valence-electron chi connectivity index (χ1n) is 11.1. The molecule has 0 radical (unpaired) electrons. The zero-order valence-corrected chi connectivity index (χ0v) is 19.3. The molecule has 0 bridgehead atoms. The molecular weight excluding hydrogens is 404 g/mol. The summed E-state index contributed by atoms with van der Waals surface area (Å²) in [6, 6.07) is 12.5. The molecule has 2 aromatic heterocycles. The summed E-state index contributed by atoms with van der Waals surface area (Å²) in [4.78, 5) is 7.28. The summed E-state index contributed by atoms with van der Waals surface area (Å²) in [7, 11) is 3.63. The molecule has 0 amide bonds. The largest absolute Gasteiger partial charge is 0.491 e. The molecule has 1 aliphatic heterocycles. The number of ether oxygens (including phenoxy) is 3. The molecule has 0 N–H and O–H groups in total. The van der Waals surface area contributed by atoms with E-state index in [9.17, 15) is 0 Å². The average Bonchev–Trinajstić information content (AvgIpc) is 3.22. The first-order chi connectivity index (χ1) is 15.5. The van der Waals surface area contributed by atoms with Crippen molar-refractivity contribution in [3.63, 3.8) is 0 Å². The van der Waals surface area contributed by atoms with E-state index in [0.29, 0.717) is 13.2 Å². The number of hydrogen-bond donors (Lipinski definition) is 0. The fourth-order valence-corrected chi connectivity index (χ4v) is 4.00. The Bertz CT molecular complexity index is 1030. The molecule has 32 heavy (non-hydrogen) atoms. The van der Waals surface area contributed by atoms with Crippen molar-refractivity contribution in [3.8, 4) is 17.0 Å².